The maximum Gasteiger partial charge on any atom is 0.319 e. The van der Waals surface area contributed by atoms with Crippen molar-refractivity contribution in [3.05, 3.63) is 40.1 Å². The first-order valence-electron chi connectivity index (χ1n) is 6.39. The summed E-state index contributed by atoms with van der Waals surface area (Å²) in [6, 6.07) is 2.05. The molecule has 2 rings (SSSR count). The summed E-state index contributed by atoms with van der Waals surface area (Å²) in [5, 5.41) is 8.15. The normalized spacial score (nSPS) is 12.0. The van der Waals surface area contributed by atoms with Crippen LogP contribution in [0.4, 0.5) is 8.78 Å². The zero-order valence-electron chi connectivity index (χ0n) is 11.8. The van der Waals surface area contributed by atoms with Crippen LogP contribution in [-0.2, 0) is 13.1 Å². The molecule has 2 aromatic heterocycles. The van der Waals surface area contributed by atoms with Crippen molar-refractivity contribution in [1.29, 1.82) is 0 Å². The first kappa shape index (κ1) is 15.4. The van der Waals surface area contributed by atoms with Gasteiger partial charge in [0.15, 0.2) is 5.96 Å². The number of thiophene rings is 1. The van der Waals surface area contributed by atoms with Gasteiger partial charge in [-0.1, -0.05) is 0 Å². The number of nitrogens with one attached hydrogen (secondary N) is 2. The van der Waals surface area contributed by atoms with Crippen LogP contribution in [0, 0.1) is 6.92 Å². The summed E-state index contributed by atoms with van der Waals surface area (Å²) in [6.07, 6.45) is 2.61. The SMILES string of the molecule is CN=C(NCc1sccc1C)NCc1nccn1C(F)F. The predicted molar refractivity (Wildman–Crippen MR) is 79.6 cm³/mol. The predicted octanol–water partition coefficient (Wildman–Crippen LogP) is 2.51. The van der Waals surface area contributed by atoms with Crippen LogP contribution in [0.2, 0.25) is 0 Å². The van der Waals surface area contributed by atoms with E-state index in [1.165, 1.54) is 22.8 Å². The number of hydrogen-bond acceptors (Lipinski definition) is 3. The minimum Gasteiger partial charge on any atom is -0.352 e. The van der Waals surface area contributed by atoms with Gasteiger partial charge in [0.2, 0.25) is 0 Å². The molecule has 0 amide bonds. The molecule has 2 aromatic rings. The summed E-state index contributed by atoms with van der Waals surface area (Å²) in [5.74, 6) is 0.812. The molecule has 114 valence electrons. The number of alkyl halides is 2. The minimum atomic E-state index is -2.59. The topological polar surface area (TPSA) is 54.2 Å². The van der Waals surface area contributed by atoms with Gasteiger partial charge in [0, 0.05) is 24.3 Å². The highest BCUT2D eigenvalue weighted by molar-refractivity contribution is 7.10. The Hall–Kier alpha value is -1.96. The molecular formula is C13H17F2N5S. The van der Waals surface area contributed by atoms with E-state index in [0.717, 1.165) is 4.57 Å². The molecule has 0 aliphatic heterocycles. The highest BCUT2D eigenvalue weighted by Crippen LogP contribution is 2.15. The molecule has 21 heavy (non-hydrogen) atoms. The monoisotopic (exact) mass is 313 g/mol. The van der Waals surface area contributed by atoms with E-state index in [1.54, 1.807) is 18.4 Å². The van der Waals surface area contributed by atoms with Crippen LogP contribution in [-0.4, -0.2) is 22.6 Å². The molecular weight excluding hydrogens is 296 g/mol. The largest absolute Gasteiger partial charge is 0.352 e. The Bertz CT molecular complexity index is 605. The van der Waals surface area contributed by atoms with Crippen molar-refractivity contribution in [2.75, 3.05) is 7.05 Å². The molecule has 2 heterocycles. The van der Waals surface area contributed by atoms with Gasteiger partial charge >= 0.3 is 6.55 Å². The molecule has 0 saturated carbocycles. The Morgan fingerprint density at radius 1 is 1.43 bits per heavy atom. The second-order valence-corrected chi connectivity index (χ2v) is 5.34. The number of halogens is 2. The van der Waals surface area contributed by atoms with Gasteiger partial charge in [-0.15, -0.1) is 11.3 Å². The average molecular weight is 313 g/mol. The first-order valence-corrected chi connectivity index (χ1v) is 7.27. The third kappa shape index (κ3) is 4.01. The Kier molecular flexibility index (Phi) is 5.26. The number of guanidine groups is 1. The van der Waals surface area contributed by atoms with Gasteiger partial charge in [-0.05, 0) is 23.9 Å². The summed E-state index contributed by atoms with van der Waals surface area (Å²) in [6.45, 7) is 0.281. The van der Waals surface area contributed by atoms with Gasteiger partial charge < -0.3 is 10.6 Å². The van der Waals surface area contributed by atoms with Crippen molar-refractivity contribution < 1.29 is 8.78 Å². The number of hydrogen-bond donors (Lipinski definition) is 2. The van der Waals surface area contributed by atoms with Crippen LogP contribution in [0.5, 0.6) is 0 Å². The van der Waals surface area contributed by atoms with Gasteiger partial charge in [-0.25, -0.2) is 4.98 Å². The van der Waals surface area contributed by atoms with Crippen molar-refractivity contribution in [2.24, 2.45) is 4.99 Å². The average Bonchev–Trinajstić information content (AvgIpc) is 3.08. The van der Waals surface area contributed by atoms with E-state index >= 15 is 0 Å². The Labute approximate surface area is 125 Å². The number of aryl methyl sites for hydroxylation is 1. The quantitative estimate of drug-likeness (QED) is 0.659. The fourth-order valence-corrected chi connectivity index (χ4v) is 2.64. The van der Waals surface area contributed by atoms with Crippen molar-refractivity contribution in [3.63, 3.8) is 0 Å². The molecule has 0 radical (unpaired) electrons. The zero-order valence-corrected chi connectivity index (χ0v) is 12.6. The number of nitrogens with zero attached hydrogens (tertiary/aromatic N) is 3. The fourth-order valence-electron chi connectivity index (χ4n) is 1.79. The number of aromatic nitrogens is 2. The molecule has 0 aliphatic rings. The molecule has 8 heteroatoms. The first-order chi connectivity index (χ1) is 10.1. The number of aliphatic imine (C=N–C) groups is 1. The van der Waals surface area contributed by atoms with E-state index in [2.05, 4.69) is 26.7 Å². The molecule has 0 spiro atoms. The molecule has 0 atom stereocenters. The Morgan fingerprint density at radius 3 is 2.81 bits per heavy atom. The molecule has 0 unspecified atom stereocenters. The lowest BCUT2D eigenvalue weighted by Gasteiger charge is -2.12. The lowest BCUT2D eigenvalue weighted by Crippen LogP contribution is -2.37. The third-order valence-electron chi connectivity index (χ3n) is 2.98. The van der Waals surface area contributed by atoms with Crippen LogP contribution in [0.3, 0.4) is 0 Å². The molecule has 0 fully saturated rings. The lowest BCUT2D eigenvalue weighted by molar-refractivity contribution is 0.0668. The van der Waals surface area contributed by atoms with Crippen molar-refractivity contribution in [1.82, 2.24) is 20.2 Å². The molecule has 0 bridgehead atoms. The van der Waals surface area contributed by atoms with Crippen LogP contribution in [0.15, 0.2) is 28.8 Å². The Morgan fingerprint density at radius 2 is 2.19 bits per heavy atom. The molecule has 0 aliphatic carbocycles. The standard InChI is InChI=1S/C13H17F2N5S/c1-9-3-6-21-10(9)7-18-13(16-2)19-8-11-17-4-5-20(11)12(14)15/h3-6,12H,7-8H2,1-2H3,(H2,16,18,19). The van der Waals surface area contributed by atoms with E-state index in [9.17, 15) is 8.78 Å². The summed E-state index contributed by atoms with van der Waals surface area (Å²) in [4.78, 5) is 9.19. The van der Waals surface area contributed by atoms with Crippen LogP contribution in [0.25, 0.3) is 0 Å². The van der Waals surface area contributed by atoms with E-state index in [4.69, 9.17) is 0 Å². The van der Waals surface area contributed by atoms with Crippen molar-refractivity contribution in [3.8, 4) is 0 Å². The maximum absolute atomic E-state index is 12.7. The van der Waals surface area contributed by atoms with Crippen LogP contribution < -0.4 is 10.6 Å². The van der Waals surface area contributed by atoms with E-state index in [1.807, 2.05) is 12.3 Å². The van der Waals surface area contributed by atoms with E-state index in [-0.39, 0.29) is 12.4 Å². The molecule has 5 nitrogen and oxygen atoms in total. The summed E-state index contributed by atoms with van der Waals surface area (Å²) in [7, 11) is 1.64. The lowest BCUT2D eigenvalue weighted by atomic mass is 10.3. The van der Waals surface area contributed by atoms with Crippen LogP contribution in [0.1, 0.15) is 22.8 Å². The number of imidazole rings is 1. The maximum atomic E-state index is 12.7. The molecule has 2 N–H and O–H groups in total. The zero-order chi connectivity index (χ0) is 15.2. The highest BCUT2D eigenvalue weighted by Gasteiger charge is 2.11. The van der Waals surface area contributed by atoms with Gasteiger partial charge in [-0.3, -0.25) is 9.56 Å². The highest BCUT2D eigenvalue weighted by atomic mass is 32.1. The molecule has 0 saturated heterocycles. The summed E-state index contributed by atoms with van der Waals surface area (Å²) >= 11 is 1.66. The second kappa shape index (κ2) is 7.16. The summed E-state index contributed by atoms with van der Waals surface area (Å²) in [5.41, 5.74) is 1.22. The van der Waals surface area contributed by atoms with Crippen molar-refractivity contribution >= 4 is 17.3 Å². The van der Waals surface area contributed by atoms with Gasteiger partial charge in [-0.2, -0.15) is 8.78 Å². The van der Waals surface area contributed by atoms with Gasteiger partial charge in [0.25, 0.3) is 0 Å². The van der Waals surface area contributed by atoms with Gasteiger partial charge in [0.05, 0.1) is 13.1 Å². The summed E-state index contributed by atoms with van der Waals surface area (Å²) < 4.78 is 26.2. The van der Waals surface area contributed by atoms with E-state index in [0.29, 0.717) is 12.5 Å². The number of rotatable bonds is 5. The Balaban J connectivity index is 1.88. The molecule has 0 aromatic carbocycles. The smallest absolute Gasteiger partial charge is 0.319 e. The second-order valence-electron chi connectivity index (χ2n) is 4.33. The fraction of sp³-hybridized carbons (Fsp3) is 0.385. The van der Waals surface area contributed by atoms with Gasteiger partial charge in [0.1, 0.15) is 5.82 Å². The van der Waals surface area contributed by atoms with E-state index < -0.39 is 6.55 Å². The minimum absolute atomic E-state index is 0.181. The van der Waals surface area contributed by atoms with Crippen molar-refractivity contribution in [2.45, 2.75) is 26.6 Å². The van der Waals surface area contributed by atoms with Crippen LogP contribution >= 0.6 is 11.3 Å². The third-order valence-corrected chi connectivity index (χ3v) is 4.00.